The van der Waals surface area contributed by atoms with Crippen LogP contribution in [0, 0.1) is 0 Å². The molecule has 0 spiro atoms. The van der Waals surface area contributed by atoms with E-state index in [1.807, 2.05) is 12.1 Å². The predicted octanol–water partition coefficient (Wildman–Crippen LogP) is 4.29. The van der Waals surface area contributed by atoms with Gasteiger partial charge in [0, 0.05) is 11.1 Å². The van der Waals surface area contributed by atoms with Crippen molar-refractivity contribution in [2.45, 2.75) is 19.4 Å². The second-order valence-corrected chi connectivity index (χ2v) is 5.33. The molecule has 0 fully saturated rings. The van der Waals surface area contributed by atoms with Gasteiger partial charge in [-0.25, -0.2) is 0 Å². The Labute approximate surface area is 111 Å². The molecule has 1 N–H and O–H groups in total. The van der Waals surface area contributed by atoms with Gasteiger partial charge in [0.05, 0.1) is 0 Å². The largest absolute Gasteiger partial charge is 0.310 e. The topological polar surface area (TPSA) is 12.0 Å². The van der Waals surface area contributed by atoms with E-state index < -0.39 is 0 Å². The van der Waals surface area contributed by atoms with Crippen molar-refractivity contribution >= 4 is 22.9 Å². The van der Waals surface area contributed by atoms with Crippen molar-refractivity contribution in [2.75, 3.05) is 6.54 Å². The predicted molar refractivity (Wildman–Crippen MR) is 75.9 cm³/mol. The zero-order valence-corrected chi connectivity index (χ0v) is 11.4. The molecule has 90 valence electrons. The lowest BCUT2D eigenvalue weighted by molar-refractivity contribution is 0.577. The highest BCUT2D eigenvalue weighted by molar-refractivity contribution is 7.07. The Balaban J connectivity index is 1.81. The summed E-state index contributed by atoms with van der Waals surface area (Å²) in [6, 6.07) is 10.6. The average Bonchev–Trinajstić information content (AvgIpc) is 2.83. The van der Waals surface area contributed by atoms with Gasteiger partial charge >= 0.3 is 0 Å². The number of nitrogens with one attached hydrogen (secondary N) is 1. The molecule has 1 unspecified atom stereocenters. The lowest BCUT2D eigenvalue weighted by atomic mass is 10.1. The van der Waals surface area contributed by atoms with Gasteiger partial charge in [-0.15, -0.1) is 0 Å². The number of halogens is 1. The normalized spacial score (nSPS) is 12.6. The van der Waals surface area contributed by atoms with Gasteiger partial charge in [-0.05, 0) is 60.0 Å². The van der Waals surface area contributed by atoms with Crippen molar-refractivity contribution in [2.24, 2.45) is 0 Å². The van der Waals surface area contributed by atoms with Crippen molar-refractivity contribution in [3.8, 4) is 0 Å². The first-order valence-corrected chi connectivity index (χ1v) is 7.08. The van der Waals surface area contributed by atoms with Crippen molar-refractivity contribution in [1.29, 1.82) is 0 Å². The highest BCUT2D eigenvalue weighted by atomic mass is 35.5. The number of rotatable bonds is 5. The monoisotopic (exact) mass is 265 g/mol. The molecule has 2 rings (SSSR count). The van der Waals surface area contributed by atoms with Crippen LogP contribution in [0.2, 0.25) is 5.02 Å². The molecule has 17 heavy (non-hydrogen) atoms. The maximum Gasteiger partial charge on any atom is 0.0406 e. The fourth-order valence-corrected chi connectivity index (χ4v) is 2.57. The summed E-state index contributed by atoms with van der Waals surface area (Å²) in [7, 11) is 0. The molecule has 0 saturated carbocycles. The second-order valence-electron chi connectivity index (χ2n) is 4.11. The third kappa shape index (κ3) is 3.84. The molecule has 3 heteroatoms. The zero-order valence-electron chi connectivity index (χ0n) is 9.82. The van der Waals surface area contributed by atoms with E-state index in [2.05, 4.69) is 41.2 Å². The SMILES string of the molecule is CC(NCCc1ccsc1)c1ccc(Cl)cc1. The summed E-state index contributed by atoms with van der Waals surface area (Å²) in [5.41, 5.74) is 2.69. The highest BCUT2D eigenvalue weighted by Gasteiger charge is 2.04. The molecule has 0 aliphatic carbocycles. The number of hydrogen-bond donors (Lipinski definition) is 1. The third-order valence-electron chi connectivity index (χ3n) is 2.81. The molecule has 0 saturated heterocycles. The van der Waals surface area contributed by atoms with Crippen molar-refractivity contribution in [3.05, 3.63) is 57.2 Å². The molecule has 0 aliphatic rings. The van der Waals surface area contributed by atoms with E-state index in [1.54, 1.807) is 11.3 Å². The minimum absolute atomic E-state index is 0.367. The number of benzene rings is 1. The molecular formula is C14H16ClNS. The third-order valence-corrected chi connectivity index (χ3v) is 3.80. The van der Waals surface area contributed by atoms with Gasteiger partial charge in [-0.3, -0.25) is 0 Å². The number of thiophene rings is 1. The van der Waals surface area contributed by atoms with Gasteiger partial charge in [0.15, 0.2) is 0 Å². The molecule has 1 atom stereocenters. The Hall–Kier alpha value is -0.830. The molecule has 0 amide bonds. The molecular weight excluding hydrogens is 250 g/mol. The number of hydrogen-bond acceptors (Lipinski definition) is 2. The van der Waals surface area contributed by atoms with E-state index in [0.29, 0.717) is 6.04 Å². The summed E-state index contributed by atoms with van der Waals surface area (Å²) in [5, 5.41) is 8.64. The van der Waals surface area contributed by atoms with Crippen LogP contribution >= 0.6 is 22.9 Å². The Morgan fingerprint density at radius 1 is 1.24 bits per heavy atom. The summed E-state index contributed by atoms with van der Waals surface area (Å²) >= 11 is 7.62. The van der Waals surface area contributed by atoms with Crippen LogP contribution < -0.4 is 5.32 Å². The van der Waals surface area contributed by atoms with E-state index >= 15 is 0 Å². The summed E-state index contributed by atoms with van der Waals surface area (Å²) in [6.07, 6.45) is 1.08. The molecule has 1 aromatic carbocycles. The first kappa shape index (κ1) is 12.6. The van der Waals surface area contributed by atoms with Crippen molar-refractivity contribution < 1.29 is 0 Å². The Morgan fingerprint density at radius 2 is 2.00 bits per heavy atom. The Morgan fingerprint density at radius 3 is 2.65 bits per heavy atom. The van der Waals surface area contributed by atoms with Crippen LogP contribution in [0.15, 0.2) is 41.1 Å². The lowest BCUT2D eigenvalue weighted by Crippen LogP contribution is -2.21. The minimum Gasteiger partial charge on any atom is -0.310 e. The summed E-state index contributed by atoms with van der Waals surface area (Å²) < 4.78 is 0. The summed E-state index contributed by atoms with van der Waals surface area (Å²) in [6.45, 7) is 3.18. The van der Waals surface area contributed by atoms with E-state index in [-0.39, 0.29) is 0 Å². The van der Waals surface area contributed by atoms with Crippen LogP contribution in [0.3, 0.4) is 0 Å². The smallest absolute Gasteiger partial charge is 0.0406 e. The maximum absolute atomic E-state index is 5.87. The summed E-state index contributed by atoms with van der Waals surface area (Å²) in [4.78, 5) is 0. The van der Waals surface area contributed by atoms with E-state index in [1.165, 1.54) is 11.1 Å². The highest BCUT2D eigenvalue weighted by Crippen LogP contribution is 2.16. The van der Waals surface area contributed by atoms with Gasteiger partial charge in [0.1, 0.15) is 0 Å². The van der Waals surface area contributed by atoms with Crippen LogP contribution in [-0.2, 0) is 6.42 Å². The van der Waals surface area contributed by atoms with Crippen LogP contribution in [0.25, 0.3) is 0 Å². The van der Waals surface area contributed by atoms with Gasteiger partial charge in [0.25, 0.3) is 0 Å². The van der Waals surface area contributed by atoms with Gasteiger partial charge in [-0.2, -0.15) is 11.3 Å². The van der Waals surface area contributed by atoms with Crippen molar-refractivity contribution in [3.63, 3.8) is 0 Å². The van der Waals surface area contributed by atoms with Gasteiger partial charge in [0.2, 0.25) is 0 Å². The summed E-state index contributed by atoms with van der Waals surface area (Å²) in [5.74, 6) is 0. The molecule has 1 aromatic heterocycles. The van der Waals surface area contributed by atoms with Gasteiger partial charge in [-0.1, -0.05) is 23.7 Å². The molecule has 2 aromatic rings. The van der Waals surface area contributed by atoms with Crippen molar-refractivity contribution in [1.82, 2.24) is 5.32 Å². The standard InChI is InChI=1S/C14H16ClNS/c1-11(13-2-4-14(15)5-3-13)16-8-6-12-7-9-17-10-12/h2-5,7,9-11,16H,6,8H2,1H3. The van der Waals surface area contributed by atoms with E-state index in [0.717, 1.165) is 18.0 Å². The van der Waals surface area contributed by atoms with Crippen LogP contribution in [0.4, 0.5) is 0 Å². The van der Waals surface area contributed by atoms with E-state index in [4.69, 9.17) is 11.6 Å². The fourth-order valence-electron chi connectivity index (χ4n) is 1.74. The average molecular weight is 266 g/mol. The first-order chi connectivity index (χ1) is 8.25. The molecule has 0 radical (unpaired) electrons. The Bertz CT molecular complexity index is 436. The minimum atomic E-state index is 0.367. The first-order valence-electron chi connectivity index (χ1n) is 5.75. The van der Waals surface area contributed by atoms with E-state index in [9.17, 15) is 0 Å². The van der Waals surface area contributed by atoms with Crippen LogP contribution in [-0.4, -0.2) is 6.54 Å². The molecule has 0 bridgehead atoms. The van der Waals surface area contributed by atoms with Gasteiger partial charge < -0.3 is 5.32 Å². The molecule has 1 nitrogen and oxygen atoms in total. The second kappa shape index (κ2) is 6.20. The fraction of sp³-hybridized carbons (Fsp3) is 0.286. The van der Waals surface area contributed by atoms with Crippen LogP contribution in [0.5, 0.6) is 0 Å². The lowest BCUT2D eigenvalue weighted by Gasteiger charge is -2.13. The molecule has 0 aliphatic heterocycles. The Kier molecular flexibility index (Phi) is 4.60. The maximum atomic E-state index is 5.87. The quantitative estimate of drug-likeness (QED) is 0.850. The van der Waals surface area contributed by atoms with Crippen LogP contribution in [0.1, 0.15) is 24.1 Å². The zero-order chi connectivity index (χ0) is 12.1. The molecule has 1 heterocycles.